The maximum atomic E-state index is 11.5. The van der Waals surface area contributed by atoms with E-state index in [9.17, 15) is 4.79 Å². The van der Waals surface area contributed by atoms with Crippen molar-refractivity contribution in [2.45, 2.75) is 19.9 Å². The molecule has 0 saturated heterocycles. The first-order valence-corrected chi connectivity index (χ1v) is 6.94. The first-order valence-electron chi connectivity index (χ1n) is 6.94. The molecule has 1 aromatic rings. The van der Waals surface area contributed by atoms with Gasteiger partial charge in [-0.25, -0.2) is 0 Å². The Balaban J connectivity index is 2.22. The fraction of sp³-hybridized carbons (Fsp3) is 0.533. The molecular weight excluding hydrogens is 256 g/mol. The second kappa shape index (κ2) is 10.2. The third-order valence-electron chi connectivity index (χ3n) is 2.65. The number of ether oxygens (including phenoxy) is 2. The van der Waals surface area contributed by atoms with E-state index in [-0.39, 0.29) is 5.91 Å². The highest BCUT2D eigenvalue weighted by atomic mass is 16.5. The van der Waals surface area contributed by atoms with Gasteiger partial charge in [0.1, 0.15) is 5.75 Å². The van der Waals surface area contributed by atoms with Crippen molar-refractivity contribution >= 4 is 5.91 Å². The maximum absolute atomic E-state index is 11.5. The van der Waals surface area contributed by atoms with Gasteiger partial charge in [-0.3, -0.25) is 4.79 Å². The Kier molecular flexibility index (Phi) is 8.42. The molecule has 0 saturated carbocycles. The van der Waals surface area contributed by atoms with Crippen LogP contribution in [0.2, 0.25) is 0 Å². The summed E-state index contributed by atoms with van der Waals surface area (Å²) in [5, 5.41) is 5.85. The summed E-state index contributed by atoms with van der Waals surface area (Å²) in [5.74, 6) is 0.843. The molecule has 0 fully saturated rings. The topological polar surface area (TPSA) is 59.6 Å². The molecule has 20 heavy (non-hydrogen) atoms. The summed E-state index contributed by atoms with van der Waals surface area (Å²) in [6.45, 7) is 4.91. The number of amides is 1. The van der Waals surface area contributed by atoms with Crippen molar-refractivity contribution in [1.29, 1.82) is 0 Å². The Morgan fingerprint density at radius 3 is 2.60 bits per heavy atom. The van der Waals surface area contributed by atoms with Crippen molar-refractivity contribution in [2.75, 3.05) is 33.4 Å². The molecule has 0 heterocycles. The van der Waals surface area contributed by atoms with E-state index in [4.69, 9.17) is 9.47 Å². The van der Waals surface area contributed by atoms with Gasteiger partial charge < -0.3 is 20.1 Å². The van der Waals surface area contributed by atoms with Gasteiger partial charge >= 0.3 is 0 Å². The van der Waals surface area contributed by atoms with Crippen LogP contribution < -0.4 is 15.4 Å². The highest BCUT2D eigenvalue weighted by Crippen LogP contribution is 2.12. The fourth-order valence-corrected chi connectivity index (χ4v) is 1.56. The van der Waals surface area contributed by atoms with Crippen LogP contribution in [-0.4, -0.2) is 39.3 Å². The average molecular weight is 280 g/mol. The minimum absolute atomic E-state index is 0.0209. The van der Waals surface area contributed by atoms with Gasteiger partial charge in [0, 0.05) is 20.2 Å². The quantitative estimate of drug-likeness (QED) is 0.635. The Hall–Kier alpha value is -1.59. The highest BCUT2D eigenvalue weighted by Gasteiger charge is 2.01. The molecule has 0 unspecified atom stereocenters. The van der Waals surface area contributed by atoms with E-state index in [0.717, 1.165) is 24.3 Å². The van der Waals surface area contributed by atoms with Crippen LogP contribution in [0, 0.1) is 0 Å². The maximum Gasteiger partial charge on any atom is 0.234 e. The van der Waals surface area contributed by atoms with Crippen molar-refractivity contribution in [3.8, 4) is 5.75 Å². The van der Waals surface area contributed by atoms with Crippen LogP contribution in [0.1, 0.15) is 18.9 Å². The van der Waals surface area contributed by atoms with E-state index >= 15 is 0 Å². The first kappa shape index (κ1) is 16.5. The SMILES string of the molecule is CCCOc1ccc(CNC(=O)CNCCOC)cc1. The van der Waals surface area contributed by atoms with Crippen LogP contribution in [0.3, 0.4) is 0 Å². The summed E-state index contributed by atoms with van der Waals surface area (Å²) < 4.78 is 10.4. The van der Waals surface area contributed by atoms with Gasteiger partial charge in [-0.1, -0.05) is 19.1 Å². The van der Waals surface area contributed by atoms with Crippen molar-refractivity contribution < 1.29 is 14.3 Å². The molecule has 0 aliphatic carbocycles. The molecule has 1 amide bonds. The number of methoxy groups -OCH3 is 1. The number of hydrogen-bond donors (Lipinski definition) is 2. The molecule has 0 aliphatic heterocycles. The molecule has 1 rings (SSSR count). The molecule has 112 valence electrons. The van der Waals surface area contributed by atoms with E-state index in [1.807, 2.05) is 24.3 Å². The van der Waals surface area contributed by atoms with Gasteiger partial charge in [-0.15, -0.1) is 0 Å². The van der Waals surface area contributed by atoms with Gasteiger partial charge in [0.05, 0.1) is 19.8 Å². The number of carbonyl (C=O) groups is 1. The molecule has 0 bridgehead atoms. The summed E-state index contributed by atoms with van der Waals surface area (Å²) in [7, 11) is 1.63. The molecule has 0 aromatic heterocycles. The summed E-state index contributed by atoms with van der Waals surface area (Å²) >= 11 is 0. The Morgan fingerprint density at radius 1 is 1.20 bits per heavy atom. The molecule has 0 atom stereocenters. The summed E-state index contributed by atoms with van der Waals surface area (Å²) in [5.41, 5.74) is 1.05. The number of nitrogens with one attached hydrogen (secondary N) is 2. The predicted octanol–water partition coefficient (Wildman–Crippen LogP) is 1.33. The highest BCUT2D eigenvalue weighted by molar-refractivity contribution is 5.77. The number of benzene rings is 1. The molecule has 5 heteroatoms. The van der Waals surface area contributed by atoms with Crippen LogP contribution in [0.5, 0.6) is 5.75 Å². The summed E-state index contributed by atoms with van der Waals surface area (Å²) in [4.78, 5) is 11.5. The Labute approximate surface area is 120 Å². The van der Waals surface area contributed by atoms with Crippen LogP contribution in [0.25, 0.3) is 0 Å². The largest absolute Gasteiger partial charge is 0.494 e. The zero-order valence-electron chi connectivity index (χ0n) is 12.3. The van der Waals surface area contributed by atoms with Crippen molar-refractivity contribution in [2.24, 2.45) is 0 Å². The lowest BCUT2D eigenvalue weighted by Gasteiger charge is -2.08. The second-order valence-corrected chi connectivity index (χ2v) is 4.44. The molecule has 5 nitrogen and oxygen atoms in total. The fourth-order valence-electron chi connectivity index (χ4n) is 1.56. The molecule has 0 aliphatic rings. The van der Waals surface area contributed by atoms with E-state index in [2.05, 4.69) is 17.6 Å². The Morgan fingerprint density at radius 2 is 1.95 bits per heavy atom. The van der Waals surface area contributed by atoms with Crippen LogP contribution in [0.15, 0.2) is 24.3 Å². The smallest absolute Gasteiger partial charge is 0.234 e. The molecule has 2 N–H and O–H groups in total. The zero-order chi connectivity index (χ0) is 14.6. The molecule has 0 radical (unpaired) electrons. The zero-order valence-corrected chi connectivity index (χ0v) is 12.3. The van der Waals surface area contributed by atoms with Crippen LogP contribution in [0.4, 0.5) is 0 Å². The van der Waals surface area contributed by atoms with E-state index < -0.39 is 0 Å². The predicted molar refractivity (Wildman–Crippen MR) is 78.8 cm³/mol. The van der Waals surface area contributed by atoms with Gasteiger partial charge in [0.2, 0.25) is 5.91 Å². The normalized spacial score (nSPS) is 10.3. The standard InChI is InChI=1S/C15H24N2O3/c1-3-9-20-14-6-4-13(5-7-14)11-17-15(18)12-16-8-10-19-2/h4-7,16H,3,8-12H2,1-2H3,(H,17,18). The van der Waals surface area contributed by atoms with Gasteiger partial charge in [0.15, 0.2) is 0 Å². The van der Waals surface area contributed by atoms with E-state index in [0.29, 0.717) is 26.2 Å². The minimum Gasteiger partial charge on any atom is -0.494 e. The lowest BCUT2D eigenvalue weighted by molar-refractivity contribution is -0.120. The van der Waals surface area contributed by atoms with E-state index in [1.54, 1.807) is 7.11 Å². The lowest BCUT2D eigenvalue weighted by Crippen LogP contribution is -2.34. The minimum atomic E-state index is -0.0209. The second-order valence-electron chi connectivity index (χ2n) is 4.44. The molecular formula is C15H24N2O3. The molecule has 1 aromatic carbocycles. The van der Waals surface area contributed by atoms with Crippen molar-refractivity contribution in [3.63, 3.8) is 0 Å². The van der Waals surface area contributed by atoms with Gasteiger partial charge in [-0.05, 0) is 24.1 Å². The lowest BCUT2D eigenvalue weighted by atomic mass is 10.2. The molecule has 0 spiro atoms. The summed E-state index contributed by atoms with van der Waals surface area (Å²) in [6, 6.07) is 7.77. The third-order valence-corrected chi connectivity index (χ3v) is 2.65. The van der Waals surface area contributed by atoms with Crippen LogP contribution >= 0.6 is 0 Å². The van der Waals surface area contributed by atoms with Gasteiger partial charge in [-0.2, -0.15) is 0 Å². The van der Waals surface area contributed by atoms with Crippen molar-refractivity contribution in [3.05, 3.63) is 29.8 Å². The monoisotopic (exact) mass is 280 g/mol. The summed E-state index contributed by atoms with van der Waals surface area (Å²) in [6.07, 6.45) is 0.994. The van der Waals surface area contributed by atoms with Gasteiger partial charge in [0.25, 0.3) is 0 Å². The average Bonchev–Trinajstić information content (AvgIpc) is 2.48. The number of hydrogen-bond acceptors (Lipinski definition) is 4. The first-order chi connectivity index (χ1) is 9.76. The third kappa shape index (κ3) is 7.11. The van der Waals surface area contributed by atoms with Crippen LogP contribution in [-0.2, 0) is 16.1 Å². The Bertz CT molecular complexity index is 379. The van der Waals surface area contributed by atoms with Crippen molar-refractivity contribution in [1.82, 2.24) is 10.6 Å². The number of carbonyl (C=O) groups excluding carboxylic acids is 1. The van der Waals surface area contributed by atoms with E-state index in [1.165, 1.54) is 0 Å². The number of rotatable bonds is 10.